The third-order valence-corrected chi connectivity index (χ3v) is 10.4. The molecule has 1 saturated carbocycles. The van der Waals surface area contributed by atoms with Crippen molar-refractivity contribution < 1.29 is 14.3 Å². The van der Waals surface area contributed by atoms with E-state index in [4.69, 9.17) is 21.3 Å². The number of carbonyl (C=O) groups is 2. The summed E-state index contributed by atoms with van der Waals surface area (Å²) in [6.45, 7) is 14.0. The predicted octanol–water partition coefficient (Wildman–Crippen LogP) is 5.61. The second kappa shape index (κ2) is 9.82. The molecule has 3 fully saturated rings. The van der Waals surface area contributed by atoms with Gasteiger partial charge in [0.05, 0.1) is 27.7 Å². The molecular formula is C30H35ClN4O3S. The van der Waals surface area contributed by atoms with E-state index in [1.807, 2.05) is 39.0 Å². The number of benzene rings is 1. The second-order valence-corrected chi connectivity index (χ2v) is 13.5. The number of hydrogen-bond donors (Lipinski definition) is 0. The van der Waals surface area contributed by atoms with Gasteiger partial charge < -0.3 is 9.64 Å². The number of aromatic nitrogens is 2. The van der Waals surface area contributed by atoms with E-state index in [-0.39, 0.29) is 35.2 Å². The minimum atomic E-state index is -0.188. The number of thiophene rings is 1. The maximum Gasteiger partial charge on any atom is 0.233 e. The zero-order valence-electron chi connectivity index (χ0n) is 23.2. The van der Waals surface area contributed by atoms with Gasteiger partial charge in [-0.05, 0) is 49.1 Å². The van der Waals surface area contributed by atoms with Gasteiger partial charge in [0.1, 0.15) is 18.2 Å². The summed E-state index contributed by atoms with van der Waals surface area (Å²) in [5, 5.41) is 0.639. The number of hydrogen-bond acceptors (Lipinski definition) is 7. The molecule has 1 aliphatic carbocycles. The van der Waals surface area contributed by atoms with Crippen molar-refractivity contribution in [2.45, 2.75) is 53.6 Å². The van der Waals surface area contributed by atoms with Crippen molar-refractivity contribution >= 4 is 45.0 Å². The average Bonchev–Trinajstić information content (AvgIpc) is 3.13. The standard InChI is InChI=1S/C30H35ClN4O3S/c1-6-34-9-8-22(17(3)14-34)38-26-16(2)11-18(31)12-20(26)25-27-21(32-15-33-25)13-19(39-27)7-10-35-28(36)23-24(29(35)37)30(23,4)5/h11-13,15,17,22-24H,6-10,14H2,1-5H3/t17-,22+,23?,24?/m0/s1. The molecule has 4 atom stereocenters. The smallest absolute Gasteiger partial charge is 0.233 e. The lowest BCUT2D eigenvalue weighted by molar-refractivity contribution is -0.142. The molecule has 9 heteroatoms. The van der Waals surface area contributed by atoms with E-state index in [1.165, 1.54) is 4.90 Å². The lowest BCUT2D eigenvalue weighted by atomic mass is 9.96. The molecule has 3 aliphatic rings. The molecule has 0 radical (unpaired) electrons. The molecule has 2 unspecified atom stereocenters. The van der Waals surface area contributed by atoms with Crippen molar-refractivity contribution in [2.75, 3.05) is 26.2 Å². The summed E-state index contributed by atoms with van der Waals surface area (Å²) >= 11 is 8.16. The van der Waals surface area contributed by atoms with E-state index in [2.05, 4.69) is 23.7 Å². The first kappa shape index (κ1) is 26.7. The lowest BCUT2D eigenvalue weighted by Crippen LogP contribution is -2.44. The number of piperidine rings is 2. The van der Waals surface area contributed by atoms with Crippen LogP contribution < -0.4 is 4.74 Å². The van der Waals surface area contributed by atoms with Gasteiger partial charge in [-0.15, -0.1) is 11.3 Å². The molecule has 39 heavy (non-hydrogen) atoms. The Hall–Kier alpha value is -2.55. The van der Waals surface area contributed by atoms with Crippen LogP contribution >= 0.6 is 22.9 Å². The van der Waals surface area contributed by atoms with Crippen LogP contribution in [0.1, 0.15) is 44.6 Å². The van der Waals surface area contributed by atoms with Crippen LogP contribution in [0, 0.1) is 30.1 Å². The molecule has 2 aliphatic heterocycles. The molecular weight excluding hydrogens is 532 g/mol. The number of ether oxygens (including phenoxy) is 1. The Kier molecular flexibility index (Phi) is 6.71. The minimum absolute atomic E-state index is 0.0215. The number of amides is 2. The Morgan fingerprint density at radius 2 is 1.90 bits per heavy atom. The second-order valence-electron chi connectivity index (χ2n) is 11.9. The topological polar surface area (TPSA) is 75.6 Å². The highest BCUT2D eigenvalue weighted by Crippen LogP contribution is 2.63. The summed E-state index contributed by atoms with van der Waals surface area (Å²) in [5.41, 5.74) is 3.31. The van der Waals surface area contributed by atoms with Gasteiger partial charge in [-0.25, -0.2) is 9.97 Å². The normalized spacial score (nSPS) is 26.4. The number of fused-ring (bicyclic) bond motifs is 2. The van der Waals surface area contributed by atoms with E-state index in [0.717, 1.165) is 63.7 Å². The van der Waals surface area contributed by atoms with E-state index in [1.54, 1.807) is 17.7 Å². The van der Waals surface area contributed by atoms with Gasteiger partial charge in [0, 0.05) is 47.4 Å². The largest absolute Gasteiger partial charge is 0.489 e. The van der Waals surface area contributed by atoms with Gasteiger partial charge in [-0.1, -0.05) is 39.3 Å². The quantitative estimate of drug-likeness (QED) is 0.346. The Morgan fingerprint density at radius 1 is 1.15 bits per heavy atom. The molecule has 0 N–H and O–H groups in total. The number of imide groups is 1. The molecule has 206 valence electrons. The Bertz CT molecular complexity index is 1450. The van der Waals surface area contributed by atoms with Crippen LogP contribution in [0.25, 0.3) is 21.5 Å². The van der Waals surface area contributed by atoms with E-state index < -0.39 is 0 Å². The van der Waals surface area contributed by atoms with Crippen LogP contribution in [0.3, 0.4) is 0 Å². The summed E-state index contributed by atoms with van der Waals surface area (Å²) in [6, 6.07) is 5.92. The third-order valence-electron chi connectivity index (χ3n) is 8.96. The van der Waals surface area contributed by atoms with Gasteiger partial charge in [0.25, 0.3) is 0 Å². The third kappa shape index (κ3) is 4.54. The Balaban J connectivity index is 1.27. The first-order valence-electron chi connectivity index (χ1n) is 13.9. The van der Waals surface area contributed by atoms with Crippen LogP contribution in [-0.2, 0) is 16.0 Å². The molecule has 2 amide bonds. The Morgan fingerprint density at radius 3 is 2.59 bits per heavy atom. The van der Waals surface area contributed by atoms with Gasteiger partial charge in [0.2, 0.25) is 11.8 Å². The predicted molar refractivity (Wildman–Crippen MR) is 154 cm³/mol. The summed E-state index contributed by atoms with van der Waals surface area (Å²) < 4.78 is 7.69. The molecule has 3 aromatic rings. The maximum absolute atomic E-state index is 12.8. The van der Waals surface area contributed by atoms with Crippen molar-refractivity contribution in [3.63, 3.8) is 0 Å². The summed E-state index contributed by atoms with van der Waals surface area (Å²) in [7, 11) is 0. The first-order valence-corrected chi connectivity index (χ1v) is 15.1. The van der Waals surface area contributed by atoms with Gasteiger partial charge in [-0.3, -0.25) is 14.5 Å². The zero-order chi connectivity index (χ0) is 27.6. The van der Waals surface area contributed by atoms with Gasteiger partial charge >= 0.3 is 0 Å². The zero-order valence-corrected chi connectivity index (χ0v) is 24.7. The Labute approximate surface area is 238 Å². The fraction of sp³-hybridized carbons (Fsp3) is 0.533. The van der Waals surface area contributed by atoms with Crippen molar-refractivity contribution in [3.8, 4) is 17.0 Å². The fourth-order valence-electron chi connectivity index (χ4n) is 6.55. The number of likely N-dealkylation sites (tertiary alicyclic amines) is 2. The maximum atomic E-state index is 12.8. The number of halogens is 1. The monoisotopic (exact) mass is 566 g/mol. The van der Waals surface area contributed by atoms with Crippen molar-refractivity contribution in [1.29, 1.82) is 0 Å². The average molecular weight is 567 g/mol. The minimum Gasteiger partial charge on any atom is -0.489 e. The van der Waals surface area contributed by atoms with Crippen LogP contribution in [0.2, 0.25) is 5.02 Å². The summed E-state index contributed by atoms with van der Waals surface area (Å²) in [5.74, 6) is 0.899. The highest BCUT2D eigenvalue weighted by molar-refractivity contribution is 7.19. The molecule has 0 bridgehead atoms. The van der Waals surface area contributed by atoms with Crippen LogP contribution in [-0.4, -0.2) is 63.9 Å². The molecule has 0 spiro atoms. The number of rotatable bonds is 7. The van der Waals surface area contributed by atoms with Crippen molar-refractivity contribution in [1.82, 2.24) is 19.8 Å². The molecule has 1 aromatic carbocycles. The molecule has 2 aromatic heterocycles. The van der Waals surface area contributed by atoms with E-state index in [0.29, 0.717) is 23.9 Å². The summed E-state index contributed by atoms with van der Waals surface area (Å²) in [4.78, 5) is 39.8. The highest BCUT2D eigenvalue weighted by atomic mass is 35.5. The molecule has 2 saturated heterocycles. The number of carbonyl (C=O) groups excluding carboxylic acids is 2. The van der Waals surface area contributed by atoms with E-state index >= 15 is 0 Å². The highest BCUT2D eigenvalue weighted by Gasteiger charge is 2.72. The van der Waals surface area contributed by atoms with Gasteiger partial charge in [-0.2, -0.15) is 0 Å². The van der Waals surface area contributed by atoms with Crippen molar-refractivity contribution in [2.24, 2.45) is 23.2 Å². The molecule has 4 heterocycles. The van der Waals surface area contributed by atoms with Crippen LogP contribution in [0.15, 0.2) is 24.5 Å². The number of aryl methyl sites for hydroxylation is 1. The molecule has 6 rings (SSSR count). The molecule has 7 nitrogen and oxygen atoms in total. The van der Waals surface area contributed by atoms with Crippen molar-refractivity contribution in [3.05, 3.63) is 40.0 Å². The first-order chi connectivity index (χ1) is 18.6. The lowest BCUT2D eigenvalue weighted by Gasteiger charge is -2.37. The van der Waals surface area contributed by atoms with Crippen LogP contribution in [0.4, 0.5) is 0 Å². The van der Waals surface area contributed by atoms with E-state index in [9.17, 15) is 9.59 Å². The SMILES string of the molecule is CCN1CC[C@@H](Oc2c(C)cc(Cl)cc2-c2ncnc3cc(CCN4C(=O)C5C(C4=O)C5(C)C)sc23)[C@@H](C)C1. The van der Waals surface area contributed by atoms with Crippen LogP contribution in [0.5, 0.6) is 5.75 Å². The summed E-state index contributed by atoms with van der Waals surface area (Å²) in [6.07, 6.45) is 3.28. The fourth-order valence-corrected chi connectivity index (χ4v) is 7.93. The van der Waals surface area contributed by atoms with Gasteiger partial charge in [0.15, 0.2) is 0 Å². The number of nitrogens with zero attached hydrogens (tertiary/aromatic N) is 4.